The summed E-state index contributed by atoms with van der Waals surface area (Å²) >= 11 is 0. The second-order valence-corrected chi connectivity index (χ2v) is 3.80. The maximum Gasteiger partial charge on any atom is 0.225 e. The molecule has 1 atom stereocenters. The molecule has 0 spiro atoms. The molecule has 2 rings (SSSR count). The summed E-state index contributed by atoms with van der Waals surface area (Å²) < 4.78 is 0. The van der Waals surface area contributed by atoms with Crippen LogP contribution >= 0.6 is 0 Å². The Morgan fingerprint density at radius 1 is 1.43 bits per heavy atom. The van der Waals surface area contributed by atoms with Crippen molar-refractivity contribution in [3.63, 3.8) is 0 Å². The van der Waals surface area contributed by atoms with Crippen molar-refractivity contribution >= 4 is 5.95 Å². The molecule has 1 saturated heterocycles. The minimum Gasteiger partial charge on any atom is -0.391 e. The van der Waals surface area contributed by atoms with E-state index in [-0.39, 0.29) is 6.10 Å². The molecule has 1 aromatic rings. The fourth-order valence-electron chi connectivity index (χ4n) is 1.69. The van der Waals surface area contributed by atoms with Gasteiger partial charge >= 0.3 is 0 Å². The third-order valence-electron chi connectivity index (χ3n) is 2.45. The highest BCUT2D eigenvalue weighted by Gasteiger charge is 2.19. The van der Waals surface area contributed by atoms with Crippen molar-refractivity contribution in [2.45, 2.75) is 25.9 Å². The fraction of sp³-hybridized carbons (Fsp3) is 0.600. The van der Waals surface area contributed by atoms with E-state index in [0.717, 1.165) is 30.9 Å². The highest BCUT2D eigenvalue weighted by Crippen LogP contribution is 2.15. The van der Waals surface area contributed by atoms with Crippen molar-refractivity contribution < 1.29 is 5.11 Å². The maximum atomic E-state index is 9.50. The van der Waals surface area contributed by atoms with Gasteiger partial charge in [-0.2, -0.15) is 0 Å². The summed E-state index contributed by atoms with van der Waals surface area (Å²) in [6.07, 6.45) is 5.29. The Balaban J connectivity index is 2.10. The molecule has 1 N–H and O–H groups in total. The molecule has 1 fully saturated rings. The minimum atomic E-state index is -0.228. The molecule has 76 valence electrons. The van der Waals surface area contributed by atoms with E-state index in [1.165, 1.54) is 0 Å². The molecule has 1 aliphatic rings. The Hall–Kier alpha value is -1.16. The highest BCUT2D eigenvalue weighted by atomic mass is 16.3. The first kappa shape index (κ1) is 9.40. The average molecular weight is 193 g/mol. The number of aliphatic hydroxyl groups is 1. The van der Waals surface area contributed by atoms with Gasteiger partial charge in [0.2, 0.25) is 5.95 Å². The van der Waals surface area contributed by atoms with Gasteiger partial charge in [0.25, 0.3) is 0 Å². The summed E-state index contributed by atoms with van der Waals surface area (Å²) in [6.45, 7) is 3.57. The standard InChI is InChI=1S/C10H15N3O/c1-8-5-11-10(12-6-8)13-4-2-3-9(14)7-13/h5-6,9,14H,2-4,7H2,1H3. The normalized spacial score (nSPS) is 22.4. The topological polar surface area (TPSA) is 49.2 Å². The molecule has 0 aliphatic carbocycles. The quantitative estimate of drug-likeness (QED) is 0.715. The second kappa shape index (κ2) is 3.92. The van der Waals surface area contributed by atoms with Crippen LogP contribution < -0.4 is 4.90 Å². The number of hydrogen-bond acceptors (Lipinski definition) is 4. The summed E-state index contributed by atoms with van der Waals surface area (Å²) in [5.41, 5.74) is 1.06. The summed E-state index contributed by atoms with van der Waals surface area (Å²) in [7, 11) is 0. The van der Waals surface area contributed by atoms with Gasteiger partial charge in [0.05, 0.1) is 6.10 Å². The highest BCUT2D eigenvalue weighted by molar-refractivity contribution is 5.30. The van der Waals surface area contributed by atoms with Crippen LogP contribution in [0.1, 0.15) is 18.4 Å². The molecule has 14 heavy (non-hydrogen) atoms. The van der Waals surface area contributed by atoms with Crippen molar-refractivity contribution in [2.75, 3.05) is 18.0 Å². The maximum absolute atomic E-state index is 9.50. The van der Waals surface area contributed by atoms with Crippen LogP contribution in [0.4, 0.5) is 5.95 Å². The molecule has 4 heteroatoms. The van der Waals surface area contributed by atoms with E-state index in [4.69, 9.17) is 0 Å². The molecule has 0 radical (unpaired) electrons. The number of hydrogen-bond donors (Lipinski definition) is 1. The summed E-state index contributed by atoms with van der Waals surface area (Å²) in [5.74, 6) is 0.731. The van der Waals surface area contributed by atoms with Gasteiger partial charge in [-0.05, 0) is 25.3 Å². The van der Waals surface area contributed by atoms with Gasteiger partial charge in [-0.3, -0.25) is 0 Å². The molecule has 0 aromatic carbocycles. The van der Waals surface area contributed by atoms with Crippen molar-refractivity contribution in [3.8, 4) is 0 Å². The van der Waals surface area contributed by atoms with Crippen LogP contribution in [0.5, 0.6) is 0 Å². The molecule has 2 heterocycles. The number of piperidine rings is 1. The van der Waals surface area contributed by atoms with Gasteiger partial charge < -0.3 is 10.0 Å². The second-order valence-electron chi connectivity index (χ2n) is 3.80. The smallest absolute Gasteiger partial charge is 0.225 e. The van der Waals surface area contributed by atoms with E-state index in [1.807, 2.05) is 24.2 Å². The predicted molar refractivity (Wildman–Crippen MR) is 54.2 cm³/mol. The van der Waals surface area contributed by atoms with Crippen LogP contribution in [0.3, 0.4) is 0 Å². The first-order valence-electron chi connectivity index (χ1n) is 4.97. The van der Waals surface area contributed by atoms with Crippen molar-refractivity contribution in [1.29, 1.82) is 0 Å². The van der Waals surface area contributed by atoms with E-state index in [0.29, 0.717) is 6.54 Å². The fourth-order valence-corrected chi connectivity index (χ4v) is 1.69. The van der Waals surface area contributed by atoms with Crippen molar-refractivity contribution in [1.82, 2.24) is 9.97 Å². The van der Waals surface area contributed by atoms with Gasteiger partial charge in [0.1, 0.15) is 0 Å². The first-order valence-corrected chi connectivity index (χ1v) is 4.97. The van der Waals surface area contributed by atoms with Crippen LogP contribution in [0.25, 0.3) is 0 Å². The molecule has 0 amide bonds. The van der Waals surface area contributed by atoms with Gasteiger partial charge in [-0.25, -0.2) is 9.97 Å². The molecule has 0 saturated carbocycles. The van der Waals surface area contributed by atoms with Gasteiger partial charge in [0, 0.05) is 25.5 Å². The summed E-state index contributed by atoms with van der Waals surface area (Å²) in [6, 6.07) is 0. The van der Waals surface area contributed by atoms with Gasteiger partial charge in [-0.1, -0.05) is 0 Å². The van der Waals surface area contributed by atoms with E-state index in [2.05, 4.69) is 9.97 Å². The molecule has 1 unspecified atom stereocenters. The van der Waals surface area contributed by atoms with E-state index in [9.17, 15) is 5.11 Å². The van der Waals surface area contributed by atoms with E-state index in [1.54, 1.807) is 0 Å². The number of rotatable bonds is 1. The monoisotopic (exact) mass is 193 g/mol. The van der Waals surface area contributed by atoms with Crippen molar-refractivity contribution in [3.05, 3.63) is 18.0 Å². The Bertz CT molecular complexity index is 299. The van der Waals surface area contributed by atoms with Crippen LogP contribution in [0, 0.1) is 6.92 Å². The Labute approximate surface area is 83.6 Å². The number of aromatic nitrogens is 2. The first-order chi connectivity index (χ1) is 6.75. The number of β-amino-alcohol motifs (C(OH)–C–C–N with tert-alkyl or cyclic N) is 1. The Morgan fingerprint density at radius 2 is 2.14 bits per heavy atom. The zero-order chi connectivity index (χ0) is 9.97. The number of aryl methyl sites for hydroxylation is 1. The van der Waals surface area contributed by atoms with Crippen LogP contribution in [0.2, 0.25) is 0 Å². The van der Waals surface area contributed by atoms with Crippen LogP contribution in [-0.2, 0) is 0 Å². The number of anilines is 1. The molecule has 1 aliphatic heterocycles. The molecule has 0 bridgehead atoms. The lowest BCUT2D eigenvalue weighted by Gasteiger charge is -2.29. The molecule has 1 aromatic heterocycles. The van der Waals surface area contributed by atoms with E-state index < -0.39 is 0 Å². The minimum absolute atomic E-state index is 0.228. The van der Waals surface area contributed by atoms with Gasteiger partial charge in [0.15, 0.2) is 0 Å². The number of nitrogens with zero attached hydrogens (tertiary/aromatic N) is 3. The van der Waals surface area contributed by atoms with E-state index >= 15 is 0 Å². The zero-order valence-corrected chi connectivity index (χ0v) is 8.35. The number of aliphatic hydroxyl groups excluding tert-OH is 1. The largest absolute Gasteiger partial charge is 0.391 e. The lowest BCUT2D eigenvalue weighted by atomic mass is 10.1. The van der Waals surface area contributed by atoms with Crippen LogP contribution in [0.15, 0.2) is 12.4 Å². The molecule has 4 nitrogen and oxygen atoms in total. The SMILES string of the molecule is Cc1cnc(N2CCCC(O)C2)nc1. The Kier molecular flexibility index (Phi) is 2.63. The lowest BCUT2D eigenvalue weighted by molar-refractivity contribution is 0.153. The third kappa shape index (κ3) is 2.01. The summed E-state index contributed by atoms with van der Waals surface area (Å²) in [4.78, 5) is 10.5. The van der Waals surface area contributed by atoms with Crippen LogP contribution in [-0.4, -0.2) is 34.3 Å². The molecular formula is C10H15N3O. The Morgan fingerprint density at radius 3 is 2.79 bits per heavy atom. The third-order valence-corrected chi connectivity index (χ3v) is 2.45. The molecular weight excluding hydrogens is 178 g/mol. The average Bonchev–Trinajstić information content (AvgIpc) is 2.19. The summed E-state index contributed by atoms with van der Waals surface area (Å²) in [5, 5.41) is 9.50. The van der Waals surface area contributed by atoms with Crippen molar-refractivity contribution in [2.24, 2.45) is 0 Å². The van der Waals surface area contributed by atoms with Gasteiger partial charge in [-0.15, -0.1) is 0 Å². The predicted octanol–water partition coefficient (Wildman–Crippen LogP) is 0.746. The lowest BCUT2D eigenvalue weighted by Crippen LogP contribution is -2.39. The zero-order valence-electron chi connectivity index (χ0n) is 8.35.